The van der Waals surface area contributed by atoms with Gasteiger partial charge in [0.15, 0.2) is 5.82 Å². The lowest BCUT2D eigenvalue weighted by Gasteiger charge is -2.21. The summed E-state index contributed by atoms with van der Waals surface area (Å²) in [5.74, 6) is 0.649. The van der Waals surface area contributed by atoms with Crippen LogP contribution in [-0.2, 0) is 0 Å². The third kappa shape index (κ3) is 2.61. The van der Waals surface area contributed by atoms with Gasteiger partial charge < -0.3 is 10.2 Å². The zero-order chi connectivity index (χ0) is 10.6. The van der Waals surface area contributed by atoms with E-state index in [1.807, 2.05) is 0 Å². The molecule has 80 valence electrons. The largest absolute Gasteiger partial charge is 0.365 e. The molecule has 1 atom stereocenters. The van der Waals surface area contributed by atoms with Crippen LogP contribution in [0.2, 0.25) is 0 Å². The van der Waals surface area contributed by atoms with Crippen LogP contribution in [0.3, 0.4) is 0 Å². The van der Waals surface area contributed by atoms with E-state index < -0.39 is 4.92 Å². The van der Waals surface area contributed by atoms with E-state index in [-0.39, 0.29) is 0 Å². The van der Waals surface area contributed by atoms with Crippen molar-refractivity contribution >= 4 is 0 Å². The molecule has 1 fully saturated rings. The Morgan fingerprint density at radius 2 is 2.50 bits per heavy atom. The second kappa shape index (κ2) is 4.83. The molecule has 0 aromatic carbocycles. The Morgan fingerprint density at radius 3 is 3.07 bits per heavy atom. The molecule has 1 N–H and O–H groups in total. The average Bonchev–Trinajstić information content (AvgIpc) is 2.44. The summed E-state index contributed by atoms with van der Waals surface area (Å²) in [4.78, 5) is 12.0. The maximum atomic E-state index is 10.3. The van der Waals surface area contributed by atoms with Gasteiger partial charge in [-0.2, -0.15) is 0 Å². The van der Waals surface area contributed by atoms with E-state index >= 15 is 0 Å². The van der Waals surface area contributed by atoms with E-state index in [2.05, 4.69) is 24.1 Å². The van der Waals surface area contributed by atoms with Gasteiger partial charge in [0, 0.05) is 19.1 Å². The van der Waals surface area contributed by atoms with E-state index in [9.17, 15) is 10.1 Å². The highest BCUT2D eigenvalue weighted by Gasteiger charge is 2.25. The predicted molar refractivity (Wildman–Crippen MR) is 54.2 cm³/mol. The zero-order valence-electron chi connectivity index (χ0n) is 8.69. The van der Waals surface area contributed by atoms with E-state index in [1.165, 1.54) is 0 Å². The van der Waals surface area contributed by atoms with Gasteiger partial charge in [0.1, 0.15) is 0 Å². The lowest BCUT2D eigenvalue weighted by atomic mass is 10.2. The van der Waals surface area contributed by atoms with Gasteiger partial charge in [-0.3, -0.25) is 10.1 Å². The molecule has 5 heteroatoms. The molecule has 1 saturated heterocycles. The Kier molecular flexibility index (Phi) is 3.73. The van der Waals surface area contributed by atoms with Gasteiger partial charge in [-0.05, 0) is 13.3 Å². The minimum absolute atomic E-state index is 0.354. The molecule has 0 bridgehead atoms. The van der Waals surface area contributed by atoms with Crippen LogP contribution in [0.25, 0.3) is 0 Å². The topological polar surface area (TPSA) is 58.4 Å². The first-order chi connectivity index (χ1) is 6.65. The van der Waals surface area contributed by atoms with Crippen molar-refractivity contribution in [1.82, 2.24) is 10.2 Å². The molecule has 14 heavy (non-hydrogen) atoms. The highest BCUT2D eigenvalue weighted by atomic mass is 16.6. The molecule has 0 aliphatic carbocycles. The van der Waals surface area contributed by atoms with Crippen LogP contribution >= 0.6 is 0 Å². The Morgan fingerprint density at radius 1 is 1.79 bits per heavy atom. The summed E-state index contributed by atoms with van der Waals surface area (Å²) in [6, 6.07) is 0.354. The number of nitrogens with one attached hydrogen (secondary N) is 1. The standard InChI is InChI=1S/C9H17N3O2/c1-3-4-5-11-8(2)6-10-9(11)7-12(13)14/h7-8,10H,3-6H2,1-2H3. The first-order valence-corrected chi connectivity index (χ1v) is 5.01. The first kappa shape index (κ1) is 10.8. The molecule has 0 aromatic rings. The molecule has 0 saturated carbocycles. The van der Waals surface area contributed by atoms with Crippen molar-refractivity contribution in [2.24, 2.45) is 0 Å². The van der Waals surface area contributed by atoms with Crippen LogP contribution in [0.1, 0.15) is 26.7 Å². The Labute approximate surface area is 83.9 Å². The van der Waals surface area contributed by atoms with E-state index in [0.29, 0.717) is 11.9 Å². The second-order valence-electron chi connectivity index (χ2n) is 3.58. The van der Waals surface area contributed by atoms with Crippen molar-refractivity contribution in [3.63, 3.8) is 0 Å². The quantitative estimate of drug-likeness (QED) is 0.545. The minimum Gasteiger partial charge on any atom is -0.365 e. The highest BCUT2D eigenvalue weighted by molar-refractivity contribution is 5.03. The molecular weight excluding hydrogens is 182 g/mol. The molecule has 1 heterocycles. The van der Waals surface area contributed by atoms with Crippen molar-refractivity contribution < 1.29 is 4.92 Å². The highest BCUT2D eigenvalue weighted by Crippen LogP contribution is 2.14. The molecule has 1 aliphatic rings. The van der Waals surface area contributed by atoms with Gasteiger partial charge in [-0.15, -0.1) is 0 Å². The third-order valence-electron chi connectivity index (χ3n) is 2.40. The summed E-state index contributed by atoms with van der Waals surface area (Å²) in [6.45, 7) is 5.88. The fraction of sp³-hybridized carbons (Fsp3) is 0.778. The van der Waals surface area contributed by atoms with Crippen molar-refractivity contribution in [2.45, 2.75) is 32.7 Å². The van der Waals surface area contributed by atoms with Crippen LogP contribution in [0.15, 0.2) is 12.0 Å². The van der Waals surface area contributed by atoms with Gasteiger partial charge in [0.2, 0.25) is 0 Å². The summed E-state index contributed by atoms with van der Waals surface area (Å²) < 4.78 is 0. The smallest absolute Gasteiger partial charge is 0.274 e. The van der Waals surface area contributed by atoms with Gasteiger partial charge in [0.25, 0.3) is 6.20 Å². The molecule has 0 radical (unpaired) electrons. The van der Waals surface area contributed by atoms with Crippen molar-refractivity contribution in [1.29, 1.82) is 0 Å². The van der Waals surface area contributed by atoms with Crippen molar-refractivity contribution in [3.8, 4) is 0 Å². The number of hydrogen-bond donors (Lipinski definition) is 1. The Bertz CT molecular complexity index is 240. The van der Waals surface area contributed by atoms with E-state index in [0.717, 1.165) is 32.1 Å². The molecule has 5 nitrogen and oxygen atoms in total. The summed E-state index contributed by atoms with van der Waals surface area (Å²) in [6.07, 6.45) is 3.23. The molecule has 1 rings (SSSR count). The molecule has 0 spiro atoms. The first-order valence-electron chi connectivity index (χ1n) is 5.01. The molecule has 1 unspecified atom stereocenters. The van der Waals surface area contributed by atoms with Crippen molar-refractivity contribution in [3.05, 3.63) is 22.1 Å². The summed E-state index contributed by atoms with van der Waals surface area (Å²) in [5.41, 5.74) is 0. The average molecular weight is 199 g/mol. The second-order valence-corrected chi connectivity index (χ2v) is 3.58. The lowest BCUT2D eigenvalue weighted by Crippen LogP contribution is -2.28. The van der Waals surface area contributed by atoms with Gasteiger partial charge in [-0.1, -0.05) is 13.3 Å². The van der Waals surface area contributed by atoms with Gasteiger partial charge >= 0.3 is 0 Å². The summed E-state index contributed by atoms with van der Waals surface area (Å²) in [5, 5.41) is 13.4. The van der Waals surface area contributed by atoms with Crippen LogP contribution in [-0.4, -0.2) is 29.0 Å². The number of hydrogen-bond acceptors (Lipinski definition) is 4. The van der Waals surface area contributed by atoms with Crippen molar-refractivity contribution in [2.75, 3.05) is 13.1 Å². The summed E-state index contributed by atoms with van der Waals surface area (Å²) in [7, 11) is 0. The monoisotopic (exact) mass is 199 g/mol. The number of unbranched alkanes of at least 4 members (excludes halogenated alkanes) is 1. The normalized spacial score (nSPS) is 24.0. The van der Waals surface area contributed by atoms with Crippen LogP contribution in [0.5, 0.6) is 0 Å². The fourth-order valence-electron chi connectivity index (χ4n) is 1.59. The van der Waals surface area contributed by atoms with Gasteiger partial charge in [-0.25, -0.2) is 0 Å². The van der Waals surface area contributed by atoms with Crippen LogP contribution in [0, 0.1) is 10.1 Å². The van der Waals surface area contributed by atoms with E-state index in [4.69, 9.17) is 0 Å². The molecular formula is C9H17N3O2. The Balaban J connectivity index is 2.61. The van der Waals surface area contributed by atoms with Crippen LogP contribution < -0.4 is 5.32 Å². The van der Waals surface area contributed by atoms with Crippen LogP contribution in [0.4, 0.5) is 0 Å². The zero-order valence-corrected chi connectivity index (χ0v) is 8.69. The predicted octanol–water partition coefficient (Wildman–Crippen LogP) is 1.16. The minimum atomic E-state index is -0.403. The molecule has 0 amide bonds. The summed E-state index contributed by atoms with van der Waals surface area (Å²) >= 11 is 0. The third-order valence-corrected chi connectivity index (χ3v) is 2.40. The van der Waals surface area contributed by atoms with Gasteiger partial charge in [0.05, 0.1) is 4.92 Å². The SMILES string of the molecule is CCCCN1C(=C[N+](=O)[O-])NCC1C. The van der Waals surface area contributed by atoms with E-state index in [1.54, 1.807) is 0 Å². The number of nitrogens with zero attached hydrogens (tertiary/aromatic N) is 2. The molecule has 0 aromatic heterocycles. The number of nitro groups is 1. The Hall–Kier alpha value is -1.26. The maximum absolute atomic E-state index is 10.3. The fourth-order valence-corrected chi connectivity index (χ4v) is 1.59. The molecule has 1 aliphatic heterocycles. The number of rotatable bonds is 4. The lowest BCUT2D eigenvalue weighted by molar-refractivity contribution is -0.404. The maximum Gasteiger partial charge on any atom is 0.274 e.